The van der Waals surface area contributed by atoms with E-state index in [9.17, 15) is 13.6 Å². The zero-order valence-corrected chi connectivity index (χ0v) is 19.0. The predicted molar refractivity (Wildman–Crippen MR) is 120 cm³/mol. The van der Waals surface area contributed by atoms with E-state index in [1.807, 2.05) is 4.90 Å². The number of hydrogen-bond donors (Lipinski definition) is 0. The van der Waals surface area contributed by atoms with E-state index in [1.54, 1.807) is 55.6 Å². The van der Waals surface area contributed by atoms with E-state index in [2.05, 4.69) is 5.10 Å². The van der Waals surface area contributed by atoms with Gasteiger partial charge < -0.3 is 19.1 Å². The molecule has 0 aliphatic carbocycles. The molecule has 0 N–H and O–H groups in total. The first-order chi connectivity index (χ1) is 16.5. The Kier molecular flexibility index (Phi) is 7.27. The Morgan fingerprint density at radius 2 is 1.65 bits per heavy atom. The number of nitrogens with zero attached hydrogens (tertiary/aromatic N) is 4. The van der Waals surface area contributed by atoms with Crippen molar-refractivity contribution in [2.75, 3.05) is 40.4 Å². The molecule has 2 aromatic carbocycles. The molecule has 1 aromatic heterocycles. The van der Waals surface area contributed by atoms with Crippen molar-refractivity contribution in [3.05, 3.63) is 71.6 Å². The number of amides is 1. The molecule has 1 fully saturated rings. The van der Waals surface area contributed by atoms with Crippen LogP contribution < -0.4 is 14.2 Å². The smallest absolute Gasteiger partial charge is 0.274 e. The summed E-state index contributed by atoms with van der Waals surface area (Å²) >= 11 is 0. The van der Waals surface area contributed by atoms with Crippen LogP contribution >= 0.6 is 0 Å². The summed E-state index contributed by atoms with van der Waals surface area (Å²) in [4.78, 5) is 16.6. The lowest BCUT2D eigenvalue weighted by atomic mass is 10.1. The molecule has 2 heterocycles. The van der Waals surface area contributed by atoms with Crippen molar-refractivity contribution in [1.29, 1.82) is 0 Å². The highest BCUT2D eigenvalue weighted by molar-refractivity contribution is 5.92. The van der Waals surface area contributed by atoms with E-state index in [4.69, 9.17) is 14.2 Å². The second-order valence-electron chi connectivity index (χ2n) is 7.79. The van der Waals surface area contributed by atoms with Crippen LogP contribution in [0.1, 0.15) is 16.1 Å². The molecule has 0 bridgehead atoms. The Morgan fingerprint density at radius 3 is 2.32 bits per heavy atom. The van der Waals surface area contributed by atoms with Crippen LogP contribution in [0.15, 0.2) is 48.7 Å². The maximum Gasteiger partial charge on any atom is 0.274 e. The minimum atomic E-state index is -0.852. The van der Waals surface area contributed by atoms with Crippen LogP contribution in [0.3, 0.4) is 0 Å². The molecule has 0 unspecified atom stereocenters. The number of piperazine rings is 1. The van der Waals surface area contributed by atoms with E-state index >= 15 is 0 Å². The first-order valence-electron chi connectivity index (χ1n) is 10.8. The van der Waals surface area contributed by atoms with Crippen LogP contribution in [0, 0.1) is 11.6 Å². The highest BCUT2D eigenvalue weighted by Crippen LogP contribution is 2.36. The Labute approximate surface area is 196 Å². The Hall–Kier alpha value is -3.66. The van der Waals surface area contributed by atoms with Crippen molar-refractivity contribution in [2.45, 2.75) is 13.3 Å². The number of aromatic nitrogens is 2. The van der Waals surface area contributed by atoms with Crippen molar-refractivity contribution < 1.29 is 27.8 Å². The molecule has 10 heteroatoms. The van der Waals surface area contributed by atoms with Gasteiger partial charge in [0.05, 0.1) is 14.2 Å². The molecule has 1 saturated heterocycles. The third-order valence-corrected chi connectivity index (χ3v) is 5.67. The van der Waals surface area contributed by atoms with E-state index in [1.165, 1.54) is 10.7 Å². The Bertz CT molecular complexity index is 1120. The highest BCUT2D eigenvalue weighted by atomic mass is 19.2. The summed E-state index contributed by atoms with van der Waals surface area (Å²) in [6.07, 6.45) is 1.66. The normalized spacial score (nSPS) is 14.2. The van der Waals surface area contributed by atoms with Crippen molar-refractivity contribution in [1.82, 2.24) is 19.6 Å². The van der Waals surface area contributed by atoms with Gasteiger partial charge in [-0.2, -0.15) is 5.10 Å². The monoisotopic (exact) mass is 472 g/mol. The number of halogens is 2. The lowest BCUT2D eigenvalue weighted by molar-refractivity contribution is 0.0619. The van der Waals surface area contributed by atoms with Crippen LogP contribution in [0.25, 0.3) is 0 Å². The molecule has 180 valence electrons. The standard InChI is InChI=1S/C24H26F2N4O4/c1-32-20-7-4-8-21(33-2)23(20)34-16-30-10-9-19(27-30)24(31)29-13-11-28(12-14-29)15-17-5-3-6-18(25)22(17)26/h3-10H,11-16H2,1-2H3. The maximum atomic E-state index is 13.9. The van der Waals surface area contributed by atoms with Crippen LogP contribution in [-0.4, -0.2) is 65.9 Å². The van der Waals surface area contributed by atoms with Gasteiger partial charge in [0.1, 0.15) is 0 Å². The first-order valence-corrected chi connectivity index (χ1v) is 10.8. The summed E-state index contributed by atoms with van der Waals surface area (Å²) in [5.41, 5.74) is 0.616. The van der Waals surface area contributed by atoms with Crippen LogP contribution in [-0.2, 0) is 13.3 Å². The van der Waals surface area contributed by atoms with Crippen molar-refractivity contribution in [2.24, 2.45) is 0 Å². The van der Waals surface area contributed by atoms with E-state index < -0.39 is 11.6 Å². The molecule has 34 heavy (non-hydrogen) atoms. The van der Waals surface area contributed by atoms with Crippen molar-refractivity contribution in [3.8, 4) is 17.2 Å². The minimum absolute atomic E-state index is 0.0665. The molecule has 4 rings (SSSR count). The number of hydrogen-bond acceptors (Lipinski definition) is 6. The Morgan fingerprint density at radius 1 is 0.971 bits per heavy atom. The maximum absolute atomic E-state index is 13.9. The quantitative estimate of drug-likeness (QED) is 0.502. The van der Waals surface area contributed by atoms with Crippen LogP contribution in [0.2, 0.25) is 0 Å². The number of carbonyl (C=O) groups excluding carboxylic acids is 1. The number of para-hydroxylation sites is 1. The molecule has 8 nitrogen and oxygen atoms in total. The number of carbonyl (C=O) groups is 1. The van der Waals surface area contributed by atoms with E-state index in [0.29, 0.717) is 61.2 Å². The largest absolute Gasteiger partial charge is 0.493 e. The first kappa shape index (κ1) is 23.5. The molecule has 3 aromatic rings. The molecular formula is C24H26F2N4O4. The lowest BCUT2D eigenvalue weighted by Gasteiger charge is -2.34. The van der Waals surface area contributed by atoms with E-state index in [-0.39, 0.29) is 12.6 Å². The minimum Gasteiger partial charge on any atom is -0.493 e. The van der Waals surface area contributed by atoms with Gasteiger partial charge in [0, 0.05) is 44.5 Å². The summed E-state index contributed by atoms with van der Waals surface area (Å²) in [5.74, 6) is -0.362. The molecule has 1 aliphatic heterocycles. The zero-order valence-electron chi connectivity index (χ0n) is 19.0. The average Bonchev–Trinajstić information content (AvgIpc) is 3.34. The summed E-state index contributed by atoms with van der Waals surface area (Å²) in [5, 5.41) is 4.33. The third kappa shape index (κ3) is 5.12. The van der Waals surface area contributed by atoms with Crippen LogP contribution in [0.5, 0.6) is 17.2 Å². The highest BCUT2D eigenvalue weighted by Gasteiger charge is 2.24. The van der Waals surface area contributed by atoms with Gasteiger partial charge >= 0.3 is 0 Å². The number of methoxy groups -OCH3 is 2. The van der Waals surface area contributed by atoms with Gasteiger partial charge in [-0.25, -0.2) is 13.5 Å². The summed E-state index contributed by atoms with van der Waals surface area (Å²) in [6.45, 7) is 2.41. The molecule has 0 spiro atoms. The average molecular weight is 472 g/mol. The fraction of sp³-hybridized carbons (Fsp3) is 0.333. The van der Waals surface area contributed by atoms with E-state index in [0.717, 1.165) is 6.07 Å². The predicted octanol–water partition coefficient (Wildman–Crippen LogP) is 3.17. The summed E-state index contributed by atoms with van der Waals surface area (Å²) < 4.78 is 45.4. The number of benzene rings is 2. The molecule has 1 aliphatic rings. The van der Waals surface area contributed by atoms with Gasteiger partial charge in [0.15, 0.2) is 35.6 Å². The van der Waals surface area contributed by atoms with Gasteiger partial charge in [0.2, 0.25) is 5.75 Å². The van der Waals surface area contributed by atoms with Crippen molar-refractivity contribution in [3.63, 3.8) is 0 Å². The SMILES string of the molecule is COc1cccc(OC)c1OCn1ccc(C(=O)N2CCN(Cc3cccc(F)c3F)CC2)n1. The van der Waals surface area contributed by atoms with Crippen LogP contribution in [0.4, 0.5) is 8.78 Å². The summed E-state index contributed by atoms with van der Waals surface area (Å²) in [7, 11) is 3.08. The number of ether oxygens (including phenoxy) is 3. The van der Waals surface area contributed by atoms with Crippen molar-refractivity contribution >= 4 is 5.91 Å². The second kappa shape index (κ2) is 10.5. The third-order valence-electron chi connectivity index (χ3n) is 5.67. The Balaban J connectivity index is 1.32. The molecule has 0 saturated carbocycles. The van der Waals surface area contributed by atoms with Gasteiger partial charge in [-0.15, -0.1) is 0 Å². The van der Waals surface area contributed by atoms with Gasteiger partial charge in [-0.3, -0.25) is 9.69 Å². The topological polar surface area (TPSA) is 69.1 Å². The number of rotatable bonds is 8. The second-order valence-corrected chi connectivity index (χ2v) is 7.79. The fourth-order valence-corrected chi connectivity index (χ4v) is 3.82. The van der Waals surface area contributed by atoms with Gasteiger partial charge in [-0.05, 0) is 24.3 Å². The molecule has 0 radical (unpaired) electrons. The van der Waals surface area contributed by atoms with Gasteiger partial charge in [0.25, 0.3) is 5.91 Å². The molecular weight excluding hydrogens is 446 g/mol. The lowest BCUT2D eigenvalue weighted by Crippen LogP contribution is -2.48. The molecule has 1 amide bonds. The zero-order chi connectivity index (χ0) is 24.1. The fourth-order valence-electron chi connectivity index (χ4n) is 3.82. The molecule has 0 atom stereocenters. The summed E-state index contributed by atoms with van der Waals surface area (Å²) in [6, 6.07) is 11.1. The van der Waals surface area contributed by atoms with Gasteiger partial charge in [-0.1, -0.05) is 18.2 Å².